The molecule has 3 N–H and O–H groups in total. The maximum Gasteiger partial charge on any atom is 0.275 e. The van der Waals surface area contributed by atoms with E-state index < -0.39 is 22.5 Å². The molecular weight excluding hydrogens is 424 g/mol. The molecule has 1 atom stereocenters. The van der Waals surface area contributed by atoms with Gasteiger partial charge in [-0.15, -0.1) is 0 Å². The Hall–Kier alpha value is -3.82. The Morgan fingerprint density at radius 1 is 1.06 bits per heavy atom. The highest BCUT2D eigenvalue weighted by molar-refractivity contribution is 5.97. The van der Waals surface area contributed by atoms with Gasteiger partial charge in [0.1, 0.15) is 11.4 Å². The zero-order valence-electron chi connectivity index (χ0n) is 18.8. The summed E-state index contributed by atoms with van der Waals surface area (Å²) in [6.07, 6.45) is 8.63. The fourth-order valence-electron chi connectivity index (χ4n) is 4.33. The van der Waals surface area contributed by atoms with E-state index in [1.807, 2.05) is 0 Å². The number of carbonyl (C=O) groups is 1. The first-order chi connectivity index (χ1) is 15.7. The predicted molar refractivity (Wildman–Crippen MR) is 124 cm³/mol. The summed E-state index contributed by atoms with van der Waals surface area (Å²) in [6.45, 7) is 2.13. The summed E-state index contributed by atoms with van der Waals surface area (Å²) in [5, 5.41) is 16.6. The van der Waals surface area contributed by atoms with Crippen LogP contribution in [0.25, 0.3) is 0 Å². The van der Waals surface area contributed by atoms with Crippen molar-refractivity contribution in [3.05, 3.63) is 62.7 Å². The minimum Gasteiger partial charge on any atom is -0.504 e. The smallest absolute Gasteiger partial charge is 0.275 e. The first-order valence-electron chi connectivity index (χ1n) is 10.8. The van der Waals surface area contributed by atoms with Gasteiger partial charge in [0.05, 0.1) is 11.7 Å². The van der Waals surface area contributed by atoms with Crippen molar-refractivity contribution in [3.63, 3.8) is 0 Å². The van der Waals surface area contributed by atoms with Crippen LogP contribution in [0.5, 0.6) is 5.75 Å². The van der Waals surface area contributed by atoms with E-state index in [9.17, 15) is 19.5 Å². The fourth-order valence-corrected chi connectivity index (χ4v) is 4.33. The molecule has 3 aromatic rings. The van der Waals surface area contributed by atoms with Gasteiger partial charge in [0.25, 0.3) is 16.8 Å². The van der Waals surface area contributed by atoms with Crippen molar-refractivity contribution in [1.29, 1.82) is 0 Å². The first-order valence-corrected chi connectivity index (χ1v) is 10.8. The third-order valence-electron chi connectivity index (χ3n) is 6.28. The van der Waals surface area contributed by atoms with Gasteiger partial charge >= 0.3 is 0 Å². The molecule has 1 aliphatic rings. The molecule has 1 amide bonds. The Morgan fingerprint density at radius 2 is 1.70 bits per heavy atom. The predicted octanol–water partition coefficient (Wildman–Crippen LogP) is 2.35. The van der Waals surface area contributed by atoms with E-state index in [2.05, 4.69) is 32.5 Å². The van der Waals surface area contributed by atoms with Crippen LogP contribution in [0.1, 0.15) is 55.0 Å². The largest absolute Gasteiger partial charge is 0.504 e. The number of carbonyl (C=O) groups excluding carboxylic acids is 1. The normalized spacial score (nSPS) is 15.8. The van der Waals surface area contributed by atoms with Crippen LogP contribution in [0, 0.1) is 5.41 Å². The summed E-state index contributed by atoms with van der Waals surface area (Å²) in [7, 11) is 3.08. The van der Waals surface area contributed by atoms with Crippen molar-refractivity contribution in [3.8, 4) is 5.75 Å². The van der Waals surface area contributed by atoms with Crippen molar-refractivity contribution in [2.24, 2.45) is 5.41 Å². The standard InChI is InChI=1S/C23H26N6O4/c1-23(8-4-5-9-23)20(21-25-10-6-11-26-21)28-15-14(18(31)19(15)32)27-13-7-12-24-16(17(13)30)22(33)29(2)3/h6-7,10-12,20,28,30H,4-5,8-9H2,1-3H3,(H,24,27)/t20-/m1/s1. The molecule has 1 aromatic carbocycles. The van der Waals surface area contributed by atoms with Crippen molar-refractivity contribution in [2.75, 3.05) is 24.7 Å². The molecular formula is C23H26N6O4. The maximum absolute atomic E-state index is 12.5. The molecule has 4 rings (SSSR count). The van der Waals surface area contributed by atoms with E-state index >= 15 is 0 Å². The number of hydrogen-bond acceptors (Lipinski definition) is 9. The van der Waals surface area contributed by atoms with E-state index in [4.69, 9.17) is 0 Å². The number of aromatic hydroxyl groups is 1. The maximum atomic E-state index is 12.5. The van der Waals surface area contributed by atoms with Crippen LogP contribution in [-0.2, 0) is 0 Å². The molecule has 1 aliphatic carbocycles. The van der Waals surface area contributed by atoms with Crippen LogP contribution in [0.4, 0.5) is 17.1 Å². The van der Waals surface area contributed by atoms with Gasteiger partial charge in [-0.3, -0.25) is 14.4 Å². The Labute approximate surface area is 190 Å². The lowest BCUT2D eigenvalue weighted by atomic mass is 9.79. The summed E-state index contributed by atoms with van der Waals surface area (Å²) in [6, 6.07) is 2.78. The summed E-state index contributed by atoms with van der Waals surface area (Å²) in [5.74, 6) is -0.345. The second-order valence-electron chi connectivity index (χ2n) is 8.83. The van der Waals surface area contributed by atoms with Crippen LogP contribution >= 0.6 is 0 Å². The lowest BCUT2D eigenvalue weighted by Crippen LogP contribution is -2.40. The molecule has 172 valence electrons. The number of rotatable bonds is 7. The molecule has 0 saturated heterocycles. The number of aromatic nitrogens is 3. The summed E-state index contributed by atoms with van der Waals surface area (Å²) in [5.41, 5.74) is -1.48. The van der Waals surface area contributed by atoms with E-state index in [0.29, 0.717) is 5.82 Å². The monoisotopic (exact) mass is 450 g/mol. The lowest BCUT2D eigenvalue weighted by molar-refractivity contribution is 0.0819. The molecule has 10 nitrogen and oxygen atoms in total. The zero-order chi connectivity index (χ0) is 23.8. The van der Waals surface area contributed by atoms with Gasteiger partial charge in [-0.05, 0) is 30.4 Å². The Balaban J connectivity index is 1.68. The number of hydrogen-bond donors (Lipinski definition) is 3. The van der Waals surface area contributed by atoms with E-state index in [1.54, 1.807) is 18.5 Å². The Bertz CT molecular complexity index is 1240. The molecule has 2 aromatic heterocycles. The summed E-state index contributed by atoms with van der Waals surface area (Å²) < 4.78 is 0. The molecule has 10 heteroatoms. The van der Waals surface area contributed by atoms with Crippen LogP contribution in [-0.4, -0.2) is 45.0 Å². The highest BCUT2D eigenvalue weighted by Gasteiger charge is 2.41. The third kappa shape index (κ3) is 4.04. The molecule has 2 heterocycles. The summed E-state index contributed by atoms with van der Waals surface area (Å²) >= 11 is 0. The zero-order valence-corrected chi connectivity index (χ0v) is 18.8. The SMILES string of the molecule is CN(C)C(=O)c1nccc(Nc2c(N[C@H](c3ncccn3)C3(C)CCCC3)c(=O)c2=O)c1O. The number of anilines is 3. The Morgan fingerprint density at radius 3 is 2.33 bits per heavy atom. The third-order valence-corrected chi connectivity index (χ3v) is 6.28. The van der Waals surface area contributed by atoms with Gasteiger partial charge in [-0.25, -0.2) is 15.0 Å². The number of amides is 1. The number of pyridine rings is 1. The highest BCUT2D eigenvalue weighted by atomic mass is 16.3. The fraction of sp³-hybridized carbons (Fsp3) is 0.391. The molecule has 0 aliphatic heterocycles. The van der Waals surface area contributed by atoms with Crippen molar-refractivity contribution in [1.82, 2.24) is 19.9 Å². The van der Waals surface area contributed by atoms with Crippen LogP contribution < -0.4 is 21.5 Å². The molecule has 33 heavy (non-hydrogen) atoms. The van der Waals surface area contributed by atoms with Crippen LogP contribution in [0.3, 0.4) is 0 Å². The molecule has 0 bridgehead atoms. The second kappa shape index (κ2) is 8.61. The number of nitrogens with zero attached hydrogens (tertiary/aromatic N) is 4. The van der Waals surface area contributed by atoms with E-state index in [0.717, 1.165) is 25.7 Å². The van der Waals surface area contributed by atoms with Crippen LogP contribution in [0.2, 0.25) is 0 Å². The molecule has 1 saturated carbocycles. The average molecular weight is 450 g/mol. The second-order valence-corrected chi connectivity index (χ2v) is 8.83. The molecule has 0 radical (unpaired) electrons. The topological polar surface area (TPSA) is 137 Å². The molecule has 0 unspecified atom stereocenters. The van der Waals surface area contributed by atoms with E-state index in [1.165, 1.54) is 31.3 Å². The van der Waals surface area contributed by atoms with Gasteiger partial charge in [-0.2, -0.15) is 0 Å². The minimum absolute atomic E-state index is 0.0206. The van der Waals surface area contributed by atoms with Crippen molar-refractivity contribution in [2.45, 2.75) is 38.6 Å². The average Bonchev–Trinajstić information content (AvgIpc) is 3.26. The van der Waals surface area contributed by atoms with Gasteiger partial charge in [0, 0.05) is 32.7 Å². The van der Waals surface area contributed by atoms with Gasteiger partial charge in [0.15, 0.2) is 17.3 Å². The van der Waals surface area contributed by atoms with Crippen molar-refractivity contribution >= 4 is 23.0 Å². The Kier molecular flexibility index (Phi) is 5.84. The summed E-state index contributed by atoms with van der Waals surface area (Å²) in [4.78, 5) is 51.2. The molecule has 0 spiro atoms. The quantitative estimate of drug-likeness (QED) is 0.463. The van der Waals surface area contributed by atoms with Gasteiger partial charge in [-0.1, -0.05) is 19.8 Å². The van der Waals surface area contributed by atoms with E-state index in [-0.39, 0.29) is 34.2 Å². The van der Waals surface area contributed by atoms with Crippen molar-refractivity contribution < 1.29 is 9.90 Å². The van der Waals surface area contributed by atoms with Crippen LogP contribution in [0.15, 0.2) is 40.3 Å². The number of nitrogens with one attached hydrogen (secondary N) is 2. The molecule has 1 fully saturated rings. The van der Waals surface area contributed by atoms with Gasteiger partial charge < -0.3 is 20.6 Å². The van der Waals surface area contributed by atoms with Gasteiger partial charge in [0.2, 0.25) is 0 Å². The highest BCUT2D eigenvalue weighted by Crippen LogP contribution is 2.48. The first kappa shape index (κ1) is 22.4. The minimum atomic E-state index is -0.710. The lowest BCUT2D eigenvalue weighted by Gasteiger charge is -2.35.